The highest BCUT2D eigenvalue weighted by molar-refractivity contribution is 4.05. The van der Waals surface area contributed by atoms with Crippen molar-refractivity contribution in [3.05, 3.63) is 15.0 Å². The van der Waals surface area contributed by atoms with Gasteiger partial charge in [-0.15, -0.1) is 4.91 Å². The number of nitrogens with zero attached hydrogens (tertiary/aromatic N) is 2. The molecule has 0 aromatic carbocycles. The Morgan fingerprint density at radius 1 is 1.88 bits per heavy atom. The van der Waals surface area contributed by atoms with Gasteiger partial charge in [0.05, 0.1) is 0 Å². The van der Waals surface area contributed by atoms with Gasteiger partial charge in [0.1, 0.15) is 0 Å². The maximum atomic E-state index is 9.17. The van der Waals surface area contributed by atoms with Crippen LogP contribution < -0.4 is 0 Å². The minimum atomic E-state index is -0.375. The lowest BCUT2D eigenvalue weighted by Crippen LogP contribution is -1.92. The standard InChI is InChI=1S/C2H5NO2.HNO2/c1-2-3(4)5;2-1-3/h2H2,1H3;(H,2,3). The number of rotatable bonds is 1. The Balaban J connectivity index is 0. The highest BCUT2D eigenvalue weighted by Gasteiger charge is 1.76. The molecular formula is C2H6N2O4. The zero-order chi connectivity index (χ0) is 6.99. The van der Waals surface area contributed by atoms with Gasteiger partial charge in [-0.05, 0) is 0 Å². The Hall–Kier alpha value is -1.20. The van der Waals surface area contributed by atoms with E-state index in [1.54, 1.807) is 0 Å². The second-order valence-corrected chi connectivity index (χ2v) is 0.731. The average molecular weight is 122 g/mol. The fourth-order valence-corrected chi connectivity index (χ4v) is 0. The van der Waals surface area contributed by atoms with Gasteiger partial charge in [0.25, 0.3) is 0 Å². The predicted molar refractivity (Wildman–Crippen MR) is 25.1 cm³/mol. The molecule has 0 saturated heterocycles. The molecule has 6 heteroatoms. The summed E-state index contributed by atoms with van der Waals surface area (Å²) in [5, 5.41) is 17.1. The molecule has 0 unspecified atom stereocenters. The first-order valence-corrected chi connectivity index (χ1v) is 1.77. The molecule has 0 bridgehead atoms. The predicted octanol–water partition coefficient (Wildman–Crippen LogP) is 0.425. The third kappa shape index (κ3) is 108. The van der Waals surface area contributed by atoms with E-state index in [1.807, 2.05) is 0 Å². The molecule has 0 radical (unpaired) electrons. The molecule has 0 aliphatic rings. The van der Waals surface area contributed by atoms with Crippen LogP contribution in [0.1, 0.15) is 6.92 Å². The van der Waals surface area contributed by atoms with Gasteiger partial charge in [-0.3, -0.25) is 10.1 Å². The Bertz CT molecular complexity index is 72.4. The summed E-state index contributed by atoms with van der Waals surface area (Å²) in [5.41, 5.74) is 0. The molecular weight excluding hydrogens is 116 g/mol. The maximum absolute atomic E-state index is 9.17. The van der Waals surface area contributed by atoms with Crippen molar-refractivity contribution >= 4 is 0 Å². The molecule has 0 aromatic rings. The number of hydrogen-bond donors (Lipinski definition) is 1. The van der Waals surface area contributed by atoms with E-state index < -0.39 is 0 Å². The van der Waals surface area contributed by atoms with Gasteiger partial charge in [0.15, 0.2) is 5.34 Å². The lowest BCUT2D eigenvalue weighted by atomic mass is 10.8. The fourth-order valence-electron chi connectivity index (χ4n) is 0. The minimum Gasteiger partial charge on any atom is -0.379 e. The topological polar surface area (TPSA) is 92.8 Å². The Labute approximate surface area is 45.2 Å². The van der Waals surface area contributed by atoms with E-state index in [2.05, 4.69) is 0 Å². The van der Waals surface area contributed by atoms with E-state index in [0.717, 1.165) is 0 Å². The van der Waals surface area contributed by atoms with Crippen molar-refractivity contribution in [3.63, 3.8) is 0 Å². The van der Waals surface area contributed by atoms with Gasteiger partial charge in [-0.2, -0.15) is 0 Å². The SMILES string of the molecule is CC[N+](=O)[O-].O=NO. The monoisotopic (exact) mass is 122 g/mol. The molecule has 0 aromatic heterocycles. The van der Waals surface area contributed by atoms with Crippen molar-refractivity contribution in [1.29, 1.82) is 0 Å². The molecule has 0 fully saturated rings. The molecule has 0 atom stereocenters. The summed E-state index contributed by atoms with van der Waals surface area (Å²) in [6.45, 7) is 1.53. The quantitative estimate of drug-likeness (QED) is 0.310. The second kappa shape index (κ2) is 9.25. The minimum absolute atomic E-state index is 0.0278. The highest BCUT2D eigenvalue weighted by Crippen LogP contribution is 1.57. The number of hydrogen-bond acceptors (Lipinski definition) is 4. The molecule has 0 rings (SSSR count). The maximum Gasteiger partial charge on any atom is 0.201 e. The van der Waals surface area contributed by atoms with Gasteiger partial charge >= 0.3 is 0 Å². The van der Waals surface area contributed by atoms with Crippen LogP contribution in [0.3, 0.4) is 0 Å². The van der Waals surface area contributed by atoms with Crippen molar-refractivity contribution in [2.24, 2.45) is 5.34 Å². The van der Waals surface area contributed by atoms with Crippen LogP contribution in [0, 0.1) is 15.0 Å². The van der Waals surface area contributed by atoms with Gasteiger partial charge in [-0.1, -0.05) is 0 Å². The average Bonchev–Trinajstić information content (AvgIpc) is 1.69. The van der Waals surface area contributed by atoms with E-state index in [0.29, 0.717) is 0 Å². The molecule has 0 heterocycles. The van der Waals surface area contributed by atoms with Crippen molar-refractivity contribution < 1.29 is 10.1 Å². The molecule has 0 aliphatic carbocycles. The molecule has 6 nitrogen and oxygen atoms in total. The van der Waals surface area contributed by atoms with Gasteiger partial charge in [0.2, 0.25) is 6.54 Å². The van der Waals surface area contributed by atoms with Crippen LogP contribution in [-0.4, -0.2) is 16.7 Å². The Morgan fingerprint density at radius 2 is 2.00 bits per heavy atom. The molecule has 0 aliphatic heterocycles. The Morgan fingerprint density at radius 3 is 2.00 bits per heavy atom. The summed E-state index contributed by atoms with van der Waals surface area (Å²) in [7, 11) is 0. The van der Waals surface area contributed by atoms with Crippen LogP contribution in [0.4, 0.5) is 0 Å². The summed E-state index contributed by atoms with van der Waals surface area (Å²) in [6, 6.07) is 0. The third-order valence-corrected chi connectivity index (χ3v) is 0.258. The first kappa shape index (κ1) is 9.93. The normalized spacial score (nSPS) is 6.12. The largest absolute Gasteiger partial charge is 0.379 e. The van der Waals surface area contributed by atoms with Crippen LogP contribution in [0.15, 0.2) is 5.34 Å². The molecule has 8 heavy (non-hydrogen) atoms. The summed E-state index contributed by atoms with van der Waals surface area (Å²) in [5.74, 6) is 0. The van der Waals surface area contributed by atoms with E-state index in [1.165, 1.54) is 12.3 Å². The van der Waals surface area contributed by atoms with Crippen molar-refractivity contribution in [3.8, 4) is 0 Å². The fraction of sp³-hybridized carbons (Fsp3) is 1.00. The molecule has 48 valence electrons. The first-order chi connectivity index (χ1) is 3.68. The van der Waals surface area contributed by atoms with E-state index in [9.17, 15) is 10.1 Å². The van der Waals surface area contributed by atoms with Crippen LogP contribution in [0.25, 0.3) is 0 Å². The number of nitro groups is 1. The zero-order valence-corrected chi connectivity index (χ0v) is 4.27. The van der Waals surface area contributed by atoms with E-state index >= 15 is 0 Å². The van der Waals surface area contributed by atoms with Crippen molar-refractivity contribution in [2.45, 2.75) is 6.92 Å². The summed E-state index contributed by atoms with van der Waals surface area (Å²) in [6.07, 6.45) is 0. The zero-order valence-electron chi connectivity index (χ0n) is 4.27. The highest BCUT2D eigenvalue weighted by atomic mass is 16.6. The summed E-state index contributed by atoms with van der Waals surface area (Å²) < 4.78 is 0. The van der Waals surface area contributed by atoms with Crippen LogP contribution >= 0.6 is 0 Å². The van der Waals surface area contributed by atoms with Gasteiger partial charge in [-0.25, -0.2) is 0 Å². The van der Waals surface area contributed by atoms with Crippen molar-refractivity contribution in [2.75, 3.05) is 6.54 Å². The Kier molecular flexibility index (Phi) is 11.5. The molecule has 0 saturated carbocycles. The first-order valence-electron chi connectivity index (χ1n) is 1.77. The van der Waals surface area contributed by atoms with Crippen molar-refractivity contribution in [1.82, 2.24) is 0 Å². The third-order valence-electron chi connectivity index (χ3n) is 0.258. The van der Waals surface area contributed by atoms with Gasteiger partial charge < -0.3 is 5.21 Å². The van der Waals surface area contributed by atoms with Gasteiger partial charge in [0, 0.05) is 11.8 Å². The van der Waals surface area contributed by atoms with Crippen LogP contribution in [-0.2, 0) is 0 Å². The smallest absolute Gasteiger partial charge is 0.201 e. The van der Waals surface area contributed by atoms with E-state index in [-0.39, 0.29) is 11.5 Å². The van der Waals surface area contributed by atoms with Crippen LogP contribution in [0.2, 0.25) is 0 Å². The molecule has 0 spiro atoms. The second-order valence-electron chi connectivity index (χ2n) is 0.731. The lowest BCUT2D eigenvalue weighted by Gasteiger charge is -1.73. The summed E-state index contributed by atoms with van der Waals surface area (Å²) in [4.78, 5) is 16.9. The lowest BCUT2D eigenvalue weighted by molar-refractivity contribution is -0.475. The molecule has 0 amide bonds. The summed E-state index contributed by atoms with van der Waals surface area (Å²) >= 11 is 0. The van der Waals surface area contributed by atoms with Crippen LogP contribution in [0.5, 0.6) is 0 Å². The van der Waals surface area contributed by atoms with E-state index in [4.69, 9.17) is 10.1 Å². The molecule has 1 N–H and O–H groups in total.